The van der Waals surface area contributed by atoms with Gasteiger partial charge in [-0.05, 0) is 36.6 Å². The van der Waals surface area contributed by atoms with Gasteiger partial charge in [-0.15, -0.1) is 0 Å². The lowest BCUT2D eigenvalue weighted by molar-refractivity contribution is -0.123. The lowest BCUT2D eigenvalue weighted by atomic mass is 9.77. The minimum Gasteiger partial charge on any atom is -0.350 e. The Labute approximate surface area is 125 Å². The zero-order valence-corrected chi connectivity index (χ0v) is 12.6. The SMILES string of the molecule is O=C(CCS)NC1(Cc2ccccc2F)CCCCC1. The summed E-state index contributed by atoms with van der Waals surface area (Å²) in [7, 11) is 0. The van der Waals surface area contributed by atoms with Crippen molar-refractivity contribution < 1.29 is 9.18 Å². The molecule has 0 spiro atoms. The Morgan fingerprint density at radius 2 is 1.95 bits per heavy atom. The molecule has 0 heterocycles. The van der Waals surface area contributed by atoms with E-state index in [0.29, 0.717) is 24.2 Å². The minimum atomic E-state index is -0.277. The highest BCUT2D eigenvalue weighted by Crippen LogP contribution is 2.32. The van der Waals surface area contributed by atoms with Crippen LogP contribution in [0, 0.1) is 5.82 Å². The first-order valence-corrected chi connectivity index (χ1v) is 7.94. The van der Waals surface area contributed by atoms with Crippen LogP contribution in [0.25, 0.3) is 0 Å². The van der Waals surface area contributed by atoms with Gasteiger partial charge >= 0.3 is 0 Å². The van der Waals surface area contributed by atoms with Crippen LogP contribution in [0.15, 0.2) is 24.3 Å². The fraction of sp³-hybridized carbons (Fsp3) is 0.562. The number of hydrogen-bond acceptors (Lipinski definition) is 2. The quantitative estimate of drug-likeness (QED) is 0.800. The fourth-order valence-electron chi connectivity index (χ4n) is 3.04. The van der Waals surface area contributed by atoms with Crippen molar-refractivity contribution in [3.05, 3.63) is 35.6 Å². The molecule has 1 saturated carbocycles. The molecule has 4 heteroatoms. The van der Waals surface area contributed by atoms with Crippen LogP contribution in [0.2, 0.25) is 0 Å². The molecule has 20 heavy (non-hydrogen) atoms. The summed E-state index contributed by atoms with van der Waals surface area (Å²) in [4.78, 5) is 11.9. The summed E-state index contributed by atoms with van der Waals surface area (Å²) in [5.41, 5.74) is 0.418. The van der Waals surface area contributed by atoms with Crippen LogP contribution in [-0.2, 0) is 11.2 Å². The molecule has 0 unspecified atom stereocenters. The van der Waals surface area contributed by atoms with Gasteiger partial charge in [0.05, 0.1) is 0 Å². The molecule has 1 aromatic carbocycles. The summed E-state index contributed by atoms with van der Waals surface area (Å²) < 4.78 is 13.9. The van der Waals surface area contributed by atoms with E-state index >= 15 is 0 Å². The number of thiol groups is 1. The third kappa shape index (κ3) is 3.98. The average Bonchev–Trinajstić information content (AvgIpc) is 2.42. The molecule has 0 aromatic heterocycles. The van der Waals surface area contributed by atoms with Crippen LogP contribution in [0.4, 0.5) is 4.39 Å². The third-order valence-electron chi connectivity index (χ3n) is 4.04. The van der Waals surface area contributed by atoms with Gasteiger partial charge in [-0.2, -0.15) is 12.6 Å². The Bertz CT molecular complexity index is 458. The van der Waals surface area contributed by atoms with E-state index in [0.717, 1.165) is 25.7 Å². The average molecular weight is 295 g/mol. The topological polar surface area (TPSA) is 29.1 Å². The van der Waals surface area contributed by atoms with Gasteiger partial charge < -0.3 is 5.32 Å². The minimum absolute atomic E-state index is 0.0261. The van der Waals surface area contributed by atoms with E-state index < -0.39 is 0 Å². The number of carbonyl (C=O) groups excluding carboxylic acids is 1. The maximum absolute atomic E-state index is 13.9. The van der Waals surface area contributed by atoms with E-state index in [9.17, 15) is 9.18 Å². The monoisotopic (exact) mass is 295 g/mol. The number of nitrogens with one attached hydrogen (secondary N) is 1. The molecule has 1 amide bonds. The van der Waals surface area contributed by atoms with E-state index in [1.807, 2.05) is 12.1 Å². The van der Waals surface area contributed by atoms with Gasteiger partial charge in [-0.1, -0.05) is 37.5 Å². The molecule has 0 radical (unpaired) electrons. The van der Waals surface area contributed by atoms with Gasteiger partial charge in [-0.25, -0.2) is 4.39 Å². The van der Waals surface area contributed by atoms with Crippen LogP contribution in [0.1, 0.15) is 44.1 Å². The van der Waals surface area contributed by atoms with Crippen LogP contribution < -0.4 is 5.32 Å². The van der Waals surface area contributed by atoms with Gasteiger partial charge in [0, 0.05) is 12.0 Å². The van der Waals surface area contributed by atoms with Gasteiger partial charge in [-0.3, -0.25) is 4.79 Å². The van der Waals surface area contributed by atoms with Crippen molar-refractivity contribution in [2.75, 3.05) is 5.75 Å². The van der Waals surface area contributed by atoms with Crippen molar-refractivity contribution in [1.29, 1.82) is 0 Å². The van der Waals surface area contributed by atoms with Crippen LogP contribution in [0.5, 0.6) is 0 Å². The third-order valence-corrected chi connectivity index (χ3v) is 4.26. The van der Waals surface area contributed by atoms with Gasteiger partial charge in [0.2, 0.25) is 5.91 Å². The number of amides is 1. The molecule has 1 aliphatic carbocycles. The molecule has 1 fully saturated rings. The molecule has 0 atom stereocenters. The predicted molar refractivity (Wildman–Crippen MR) is 82.5 cm³/mol. The molecule has 2 rings (SSSR count). The molecule has 0 saturated heterocycles. The molecule has 110 valence electrons. The Kier molecular flexibility index (Phi) is 5.46. The van der Waals surface area contributed by atoms with E-state index in [4.69, 9.17) is 0 Å². The predicted octanol–water partition coefficient (Wildman–Crippen LogP) is 3.51. The molecular weight excluding hydrogens is 273 g/mol. The Morgan fingerprint density at radius 3 is 2.60 bits per heavy atom. The largest absolute Gasteiger partial charge is 0.350 e. The highest BCUT2D eigenvalue weighted by molar-refractivity contribution is 7.80. The molecule has 0 aliphatic heterocycles. The maximum Gasteiger partial charge on any atom is 0.221 e. The molecule has 0 bridgehead atoms. The van der Waals surface area contributed by atoms with Crippen molar-refractivity contribution >= 4 is 18.5 Å². The second kappa shape index (κ2) is 7.11. The normalized spacial score (nSPS) is 17.7. The van der Waals surface area contributed by atoms with Crippen LogP contribution in [-0.4, -0.2) is 17.2 Å². The van der Waals surface area contributed by atoms with Crippen molar-refractivity contribution in [3.8, 4) is 0 Å². The van der Waals surface area contributed by atoms with E-state index in [1.165, 1.54) is 12.5 Å². The molecule has 2 nitrogen and oxygen atoms in total. The summed E-state index contributed by atoms with van der Waals surface area (Å²) in [6.45, 7) is 0. The fourth-order valence-corrected chi connectivity index (χ4v) is 3.24. The van der Waals surface area contributed by atoms with Gasteiger partial charge in [0.25, 0.3) is 0 Å². The molecule has 1 aliphatic rings. The summed E-state index contributed by atoms with van der Waals surface area (Å²) in [5, 5.41) is 3.15. The van der Waals surface area contributed by atoms with Crippen molar-refractivity contribution in [2.45, 2.75) is 50.5 Å². The first kappa shape index (κ1) is 15.4. The molecule has 1 N–H and O–H groups in total. The lowest BCUT2D eigenvalue weighted by Gasteiger charge is -2.38. The van der Waals surface area contributed by atoms with E-state index in [-0.39, 0.29) is 17.3 Å². The van der Waals surface area contributed by atoms with Gasteiger partial charge in [0.1, 0.15) is 5.82 Å². The smallest absolute Gasteiger partial charge is 0.221 e. The summed E-state index contributed by atoms with van der Waals surface area (Å²) in [6, 6.07) is 6.86. The maximum atomic E-state index is 13.9. The summed E-state index contributed by atoms with van der Waals surface area (Å²) in [5.74, 6) is 0.390. The van der Waals surface area contributed by atoms with Crippen LogP contribution in [0.3, 0.4) is 0 Å². The Morgan fingerprint density at radius 1 is 1.25 bits per heavy atom. The van der Waals surface area contributed by atoms with E-state index in [1.54, 1.807) is 6.07 Å². The summed E-state index contributed by atoms with van der Waals surface area (Å²) in [6.07, 6.45) is 6.24. The highest BCUT2D eigenvalue weighted by Gasteiger charge is 2.34. The van der Waals surface area contributed by atoms with E-state index in [2.05, 4.69) is 17.9 Å². The zero-order valence-electron chi connectivity index (χ0n) is 11.7. The first-order valence-electron chi connectivity index (χ1n) is 7.30. The molecular formula is C16H22FNOS. The Hall–Kier alpha value is -1.03. The lowest BCUT2D eigenvalue weighted by Crippen LogP contribution is -2.51. The Balaban J connectivity index is 2.14. The number of benzene rings is 1. The van der Waals surface area contributed by atoms with Gasteiger partial charge in [0.15, 0.2) is 0 Å². The van der Waals surface area contributed by atoms with Crippen molar-refractivity contribution in [3.63, 3.8) is 0 Å². The van der Waals surface area contributed by atoms with Crippen molar-refractivity contribution in [1.82, 2.24) is 5.32 Å². The zero-order chi connectivity index (χ0) is 14.4. The second-order valence-corrected chi connectivity index (χ2v) is 6.08. The first-order chi connectivity index (χ1) is 9.65. The number of rotatable bonds is 5. The molecule has 1 aromatic rings. The second-order valence-electron chi connectivity index (χ2n) is 5.63. The highest BCUT2D eigenvalue weighted by atomic mass is 32.1. The number of carbonyl (C=O) groups is 1. The van der Waals surface area contributed by atoms with Crippen LogP contribution >= 0.6 is 12.6 Å². The van der Waals surface area contributed by atoms with Crippen molar-refractivity contribution in [2.24, 2.45) is 0 Å². The number of halogens is 1. The standard InChI is InChI=1S/C16H22FNOS/c17-14-7-3-2-6-13(14)12-16(9-4-1-5-10-16)18-15(19)8-11-20/h2-3,6-7,20H,1,4-5,8-12H2,(H,18,19). The summed E-state index contributed by atoms with van der Waals surface area (Å²) >= 11 is 4.10. The number of hydrogen-bond donors (Lipinski definition) is 2.